The first kappa shape index (κ1) is 11.6. The highest BCUT2D eigenvalue weighted by atomic mass is 16.5. The zero-order valence-electron chi connectivity index (χ0n) is 10.6. The van der Waals surface area contributed by atoms with E-state index < -0.39 is 0 Å². The number of hydrogen-bond acceptors (Lipinski definition) is 2. The van der Waals surface area contributed by atoms with Gasteiger partial charge in [0.05, 0.1) is 6.61 Å². The topological polar surface area (TPSA) is 21.3 Å². The summed E-state index contributed by atoms with van der Waals surface area (Å²) in [5.41, 5.74) is 2.48. The van der Waals surface area contributed by atoms with Crippen molar-refractivity contribution in [3.8, 4) is 0 Å². The summed E-state index contributed by atoms with van der Waals surface area (Å²) in [5, 5.41) is 3.39. The number of ether oxygens (including phenoxy) is 1. The highest BCUT2D eigenvalue weighted by molar-refractivity contribution is 5.30. The van der Waals surface area contributed by atoms with Crippen LogP contribution in [0, 0.1) is 0 Å². The van der Waals surface area contributed by atoms with Gasteiger partial charge >= 0.3 is 0 Å². The molecular weight excluding hydrogens is 198 g/mol. The molecule has 1 atom stereocenters. The van der Waals surface area contributed by atoms with E-state index in [2.05, 4.69) is 57.3 Å². The Bertz CT molecular complexity index is 355. The molecule has 1 heterocycles. The van der Waals surface area contributed by atoms with E-state index in [-0.39, 0.29) is 11.1 Å². The second-order valence-electron chi connectivity index (χ2n) is 5.64. The Balaban J connectivity index is 2.26. The molecule has 1 fully saturated rings. The Kier molecular flexibility index (Phi) is 2.81. The van der Waals surface area contributed by atoms with Gasteiger partial charge in [0.25, 0.3) is 0 Å². The third-order valence-electron chi connectivity index (χ3n) is 3.26. The fourth-order valence-corrected chi connectivity index (χ4v) is 2.07. The number of hydrogen-bond donors (Lipinski definition) is 1. The van der Waals surface area contributed by atoms with Gasteiger partial charge in [0, 0.05) is 6.54 Å². The van der Waals surface area contributed by atoms with Crippen LogP contribution in [0.5, 0.6) is 0 Å². The molecule has 1 N–H and O–H groups in total. The highest BCUT2D eigenvalue weighted by Gasteiger charge is 2.31. The van der Waals surface area contributed by atoms with Gasteiger partial charge in [-0.05, 0) is 23.5 Å². The fourth-order valence-electron chi connectivity index (χ4n) is 2.07. The first-order chi connectivity index (χ1) is 7.42. The molecule has 0 spiro atoms. The van der Waals surface area contributed by atoms with Crippen LogP contribution in [-0.4, -0.2) is 13.2 Å². The summed E-state index contributed by atoms with van der Waals surface area (Å²) in [5.74, 6) is 0. The first-order valence-electron chi connectivity index (χ1n) is 5.92. The largest absolute Gasteiger partial charge is 0.355 e. The summed E-state index contributed by atoms with van der Waals surface area (Å²) in [6.07, 6.45) is 0. The summed E-state index contributed by atoms with van der Waals surface area (Å²) in [6, 6.07) is 8.73. The molecule has 0 aromatic heterocycles. The molecule has 88 valence electrons. The van der Waals surface area contributed by atoms with Crippen LogP contribution in [0.15, 0.2) is 24.3 Å². The smallest absolute Gasteiger partial charge is 0.142 e. The molecule has 1 aliphatic rings. The van der Waals surface area contributed by atoms with E-state index in [1.54, 1.807) is 0 Å². The van der Waals surface area contributed by atoms with E-state index in [9.17, 15) is 0 Å². The predicted octanol–water partition coefficient (Wildman–Crippen LogP) is 2.78. The molecule has 0 aliphatic carbocycles. The zero-order chi connectivity index (χ0) is 11.8. The summed E-state index contributed by atoms with van der Waals surface area (Å²) >= 11 is 0. The second kappa shape index (κ2) is 3.86. The average molecular weight is 219 g/mol. The SMILES string of the molecule is CC(C)(C)c1ccc(C2(C)NCCO2)cc1. The maximum atomic E-state index is 5.74. The molecule has 0 amide bonds. The second-order valence-corrected chi connectivity index (χ2v) is 5.64. The van der Waals surface area contributed by atoms with Crippen molar-refractivity contribution in [1.29, 1.82) is 0 Å². The van der Waals surface area contributed by atoms with Crippen molar-refractivity contribution >= 4 is 0 Å². The summed E-state index contributed by atoms with van der Waals surface area (Å²) < 4.78 is 5.74. The first-order valence-corrected chi connectivity index (χ1v) is 5.92. The summed E-state index contributed by atoms with van der Waals surface area (Å²) in [7, 11) is 0. The van der Waals surface area contributed by atoms with E-state index in [1.807, 2.05) is 0 Å². The lowest BCUT2D eigenvalue weighted by Gasteiger charge is -2.26. The van der Waals surface area contributed by atoms with Gasteiger partial charge in [0.15, 0.2) is 0 Å². The van der Waals surface area contributed by atoms with Crippen molar-refractivity contribution in [1.82, 2.24) is 5.32 Å². The molecule has 2 rings (SSSR count). The number of benzene rings is 1. The quantitative estimate of drug-likeness (QED) is 0.784. The molecule has 2 heteroatoms. The van der Waals surface area contributed by atoms with Gasteiger partial charge in [-0.2, -0.15) is 0 Å². The molecule has 0 saturated carbocycles. The van der Waals surface area contributed by atoms with Crippen molar-refractivity contribution in [2.75, 3.05) is 13.2 Å². The van der Waals surface area contributed by atoms with E-state index in [1.165, 1.54) is 11.1 Å². The molecule has 1 aliphatic heterocycles. The van der Waals surface area contributed by atoms with Crippen molar-refractivity contribution in [3.63, 3.8) is 0 Å². The van der Waals surface area contributed by atoms with Gasteiger partial charge in [-0.15, -0.1) is 0 Å². The maximum absolute atomic E-state index is 5.74. The van der Waals surface area contributed by atoms with E-state index in [0.29, 0.717) is 0 Å². The lowest BCUT2D eigenvalue weighted by Crippen LogP contribution is -2.34. The third-order valence-corrected chi connectivity index (χ3v) is 3.26. The average Bonchev–Trinajstić information content (AvgIpc) is 2.66. The monoisotopic (exact) mass is 219 g/mol. The molecule has 0 bridgehead atoms. The van der Waals surface area contributed by atoms with Crippen LogP contribution in [0.1, 0.15) is 38.8 Å². The van der Waals surface area contributed by atoms with Crippen LogP contribution in [0.4, 0.5) is 0 Å². The standard InChI is InChI=1S/C14H21NO/c1-13(2,3)11-5-7-12(8-6-11)14(4)15-9-10-16-14/h5-8,15H,9-10H2,1-4H3. The number of nitrogens with one attached hydrogen (secondary N) is 1. The Morgan fingerprint density at radius 1 is 1.19 bits per heavy atom. The maximum Gasteiger partial charge on any atom is 0.142 e. The Morgan fingerprint density at radius 2 is 1.81 bits per heavy atom. The van der Waals surface area contributed by atoms with E-state index >= 15 is 0 Å². The Labute approximate surface area is 98.0 Å². The molecule has 16 heavy (non-hydrogen) atoms. The van der Waals surface area contributed by atoms with Gasteiger partial charge in [0.1, 0.15) is 5.72 Å². The lowest BCUT2D eigenvalue weighted by atomic mass is 9.86. The molecule has 1 aromatic rings. The van der Waals surface area contributed by atoms with E-state index in [4.69, 9.17) is 4.74 Å². The van der Waals surface area contributed by atoms with Crippen LogP contribution in [0.3, 0.4) is 0 Å². The molecule has 1 unspecified atom stereocenters. The highest BCUT2D eigenvalue weighted by Crippen LogP contribution is 2.28. The molecule has 2 nitrogen and oxygen atoms in total. The van der Waals surface area contributed by atoms with Crippen LogP contribution in [0.25, 0.3) is 0 Å². The Hall–Kier alpha value is -0.860. The van der Waals surface area contributed by atoms with Gasteiger partial charge in [-0.3, -0.25) is 5.32 Å². The van der Waals surface area contributed by atoms with Crippen LogP contribution < -0.4 is 5.32 Å². The summed E-state index contributed by atoms with van der Waals surface area (Å²) in [4.78, 5) is 0. The fraction of sp³-hybridized carbons (Fsp3) is 0.571. The lowest BCUT2D eigenvalue weighted by molar-refractivity contribution is 0.00245. The predicted molar refractivity (Wildman–Crippen MR) is 66.4 cm³/mol. The molecule has 1 aromatic carbocycles. The van der Waals surface area contributed by atoms with Crippen LogP contribution >= 0.6 is 0 Å². The van der Waals surface area contributed by atoms with Crippen molar-refractivity contribution in [3.05, 3.63) is 35.4 Å². The Morgan fingerprint density at radius 3 is 2.25 bits per heavy atom. The molecule has 0 radical (unpaired) electrons. The van der Waals surface area contributed by atoms with Gasteiger partial charge in [-0.25, -0.2) is 0 Å². The van der Waals surface area contributed by atoms with Crippen LogP contribution in [-0.2, 0) is 15.9 Å². The van der Waals surface area contributed by atoms with Crippen molar-refractivity contribution in [2.24, 2.45) is 0 Å². The van der Waals surface area contributed by atoms with Crippen LogP contribution in [0.2, 0.25) is 0 Å². The van der Waals surface area contributed by atoms with Gasteiger partial charge in [-0.1, -0.05) is 45.0 Å². The minimum Gasteiger partial charge on any atom is -0.355 e. The van der Waals surface area contributed by atoms with Gasteiger partial charge < -0.3 is 4.74 Å². The van der Waals surface area contributed by atoms with Gasteiger partial charge in [0.2, 0.25) is 0 Å². The number of rotatable bonds is 1. The van der Waals surface area contributed by atoms with Crippen molar-refractivity contribution < 1.29 is 4.74 Å². The minimum atomic E-state index is -0.295. The van der Waals surface area contributed by atoms with E-state index in [0.717, 1.165) is 13.2 Å². The molecule has 1 saturated heterocycles. The normalized spacial score (nSPS) is 26.0. The third kappa shape index (κ3) is 2.13. The van der Waals surface area contributed by atoms with Crippen molar-refractivity contribution in [2.45, 2.75) is 38.8 Å². The zero-order valence-corrected chi connectivity index (χ0v) is 10.6. The minimum absolute atomic E-state index is 0.212. The molecular formula is C14H21NO. The summed E-state index contributed by atoms with van der Waals surface area (Å²) in [6.45, 7) is 10.5.